The number of urea groups is 1. The van der Waals surface area contributed by atoms with E-state index in [1.807, 2.05) is 0 Å². The van der Waals surface area contributed by atoms with Gasteiger partial charge in [0.1, 0.15) is 11.3 Å². The van der Waals surface area contributed by atoms with Crippen molar-refractivity contribution in [2.24, 2.45) is 0 Å². The molecule has 6 aromatic heterocycles. The normalized spacial score (nSPS) is 20.2. The zero-order chi connectivity index (χ0) is 43.2. The lowest BCUT2D eigenvalue weighted by molar-refractivity contribution is 0.0521. The average Bonchev–Trinajstić information content (AvgIpc) is 3.90. The molecule has 0 spiro atoms. The number of pyridine rings is 2. The molecule has 0 aromatic carbocycles. The predicted molar refractivity (Wildman–Crippen MR) is 230 cm³/mol. The minimum absolute atomic E-state index is 0.00920. The maximum absolute atomic E-state index is 14.6. The van der Waals surface area contributed by atoms with Gasteiger partial charge in [0.05, 0.1) is 42.8 Å². The van der Waals surface area contributed by atoms with Crippen molar-refractivity contribution < 1.29 is 27.8 Å². The summed E-state index contributed by atoms with van der Waals surface area (Å²) < 4.78 is 38.9. The molecule has 2 unspecified atom stereocenters. The number of nitrogens with zero attached hydrogens (tertiary/aromatic N) is 7. The number of H-pyrrole nitrogens is 2. The Morgan fingerprint density at radius 2 is 1.21 bits per heavy atom. The van der Waals surface area contributed by atoms with Gasteiger partial charge in [-0.3, -0.25) is 0 Å². The van der Waals surface area contributed by atoms with Crippen LogP contribution in [0.1, 0.15) is 51.4 Å². The lowest BCUT2D eigenvalue weighted by Crippen LogP contribution is -2.51. The van der Waals surface area contributed by atoms with Crippen molar-refractivity contribution in [1.82, 2.24) is 55.4 Å². The van der Waals surface area contributed by atoms with Gasteiger partial charge in [-0.1, -0.05) is 23.2 Å². The smallest absolute Gasteiger partial charge is 0.407 e. The summed E-state index contributed by atoms with van der Waals surface area (Å²) in [5, 5.41) is 14.8. The number of aromatic nitrogens is 8. The highest BCUT2D eigenvalue weighted by Gasteiger charge is 2.28. The summed E-state index contributed by atoms with van der Waals surface area (Å²) in [4.78, 5) is 57.5. The van der Waals surface area contributed by atoms with Crippen LogP contribution in [-0.2, 0) is 9.47 Å². The van der Waals surface area contributed by atoms with Crippen LogP contribution in [0.3, 0.4) is 0 Å². The van der Waals surface area contributed by atoms with E-state index in [-0.39, 0.29) is 41.8 Å². The molecule has 1 saturated heterocycles. The van der Waals surface area contributed by atoms with Crippen molar-refractivity contribution in [2.45, 2.75) is 75.5 Å². The van der Waals surface area contributed by atoms with Gasteiger partial charge in [-0.2, -0.15) is 0 Å². The van der Waals surface area contributed by atoms with Crippen LogP contribution in [0.25, 0.3) is 44.8 Å². The molecular formula is C41H45Cl2F2N13O4. The number of aromatic amines is 2. The van der Waals surface area contributed by atoms with Gasteiger partial charge >= 0.3 is 12.1 Å². The Balaban J connectivity index is 0.000000172. The van der Waals surface area contributed by atoms with E-state index in [4.69, 9.17) is 27.9 Å². The van der Waals surface area contributed by atoms with Crippen LogP contribution in [0.4, 0.5) is 30.0 Å². The number of amides is 3. The number of hydrogen-bond acceptors (Lipinski definition) is 12. The number of rotatable bonds is 8. The SMILES string of the molecule is COC(=O)NC1CCCC(Nc2nc(-c3c[nH]c4ncc(Cl)cc34)ncc2F)C1.O=C(N[C@@H]1CCC[C@H](Nc2nc(-c3c[nH]c4ncc(Cl)cc34)ncc2F)C1)N1CCOCC1. The Kier molecular flexibility index (Phi) is 13.4. The summed E-state index contributed by atoms with van der Waals surface area (Å²) >= 11 is 12.1. The van der Waals surface area contributed by atoms with Gasteiger partial charge < -0.3 is 45.6 Å². The molecule has 2 aliphatic carbocycles. The molecule has 21 heteroatoms. The molecule has 2 saturated carbocycles. The third kappa shape index (κ3) is 10.2. The maximum Gasteiger partial charge on any atom is 0.407 e. The first-order chi connectivity index (χ1) is 30.1. The van der Waals surface area contributed by atoms with Crippen LogP contribution in [0.2, 0.25) is 10.0 Å². The fourth-order valence-electron chi connectivity index (χ4n) is 8.07. The van der Waals surface area contributed by atoms with E-state index < -0.39 is 17.7 Å². The van der Waals surface area contributed by atoms with Gasteiger partial charge in [-0.25, -0.2) is 48.3 Å². The van der Waals surface area contributed by atoms with Gasteiger partial charge in [0, 0.05) is 83.9 Å². The quantitative estimate of drug-likeness (QED) is 0.0879. The monoisotopic (exact) mass is 891 g/mol. The Morgan fingerprint density at radius 3 is 1.71 bits per heavy atom. The summed E-state index contributed by atoms with van der Waals surface area (Å²) in [6.45, 7) is 2.33. The number of carbonyl (C=O) groups is 2. The highest BCUT2D eigenvalue weighted by atomic mass is 35.5. The lowest BCUT2D eigenvalue weighted by atomic mass is 9.91. The van der Waals surface area contributed by atoms with E-state index in [1.54, 1.807) is 41.8 Å². The van der Waals surface area contributed by atoms with Gasteiger partial charge in [0.15, 0.2) is 34.9 Å². The molecule has 7 heterocycles. The Labute approximate surface area is 364 Å². The molecule has 62 heavy (non-hydrogen) atoms. The molecule has 6 aromatic rings. The highest BCUT2D eigenvalue weighted by Crippen LogP contribution is 2.31. The molecule has 3 fully saturated rings. The number of anilines is 2. The second kappa shape index (κ2) is 19.4. The zero-order valence-electron chi connectivity index (χ0n) is 33.7. The van der Waals surface area contributed by atoms with E-state index in [2.05, 4.69) is 65.9 Å². The van der Waals surface area contributed by atoms with Gasteiger partial charge in [-0.05, 0) is 63.5 Å². The lowest BCUT2D eigenvalue weighted by Gasteiger charge is -2.33. The largest absolute Gasteiger partial charge is 0.453 e. The first-order valence-electron chi connectivity index (χ1n) is 20.4. The van der Waals surface area contributed by atoms with E-state index in [9.17, 15) is 18.4 Å². The van der Waals surface area contributed by atoms with E-state index in [0.717, 1.165) is 55.5 Å². The number of methoxy groups -OCH3 is 1. The summed E-state index contributed by atoms with van der Waals surface area (Å²) in [6, 6.07) is 3.44. The van der Waals surface area contributed by atoms with Crippen molar-refractivity contribution in [3.8, 4) is 22.8 Å². The van der Waals surface area contributed by atoms with Crippen molar-refractivity contribution in [1.29, 1.82) is 0 Å². The Morgan fingerprint density at radius 1 is 0.726 bits per heavy atom. The molecule has 326 valence electrons. The molecule has 3 aliphatic rings. The van der Waals surface area contributed by atoms with Crippen LogP contribution in [-0.4, -0.2) is 114 Å². The maximum atomic E-state index is 14.6. The molecule has 3 amide bonds. The molecule has 9 rings (SSSR count). The molecule has 4 atom stereocenters. The summed E-state index contributed by atoms with van der Waals surface area (Å²) in [6.07, 6.45) is 15.1. The summed E-state index contributed by atoms with van der Waals surface area (Å²) in [5.41, 5.74) is 2.69. The Bertz CT molecular complexity index is 2540. The third-order valence-electron chi connectivity index (χ3n) is 11.1. The third-order valence-corrected chi connectivity index (χ3v) is 11.5. The van der Waals surface area contributed by atoms with E-state index >= 15 is 0 Å². The first kappa shape index (κ1) is 42.8. The van der Waals surface area contributed by atoms with Crippen molar-refractivity contribution in [3.05, 3.63) is 71.0 Å². The van der Waals surface area contributed by atoms with E-state index in [0.29, 0.717) is 83.3 Å². The number of ether oxygens (including phenoxy) is 2. The number of fused-ring (bicyclic) bond motifs is 2. The topological polar surface area (TPSA) is 213 Å². The second-order valence-electron chi connectivity index (χ2n) is 15.4. The standard InChI is InChI=1S/C22H25ClFN7O2.C19H20ClFN6O2/c23-13-8-16-17(11-26-19(16)25-10-13)20-27-12-18(24)21(30-20)28-14-2-1-3-15(9-14)29-22(32)31-4-6-33-7-5-31;1-29-19(28)26-12-4-2-3-11(6-12)25-18-15(21)9-24-17(27-18)14-8-23-16-13(14)5-10(20)7-22-16/h8,10-12,14-15H,1-7,9H2,(H,25,26)(H,29,32)(H,27,28,30);5,7-9,11-12H,2-4,6H2,1H3,(H,22,23)(H,26,28)(H,24,25,27)/t14-,15+;/m0./s1. The zero-order valence-corrected chi connectivity index (χ0v) is 35.2. The van der Waals surface area contributed by atoms with Crippen molar-refractivity contribution in [2.75, 3.05) is 44.0 Å². The Hall–Kier alpha value is -5.92. The number of hydrogen-bond donors (Lipinski definition) is 6. The number of morpholine rings is 1. The molecule has 1 aliphatic heterocycles. The number of halogens is 4. The molecule has 6 N–H and O–H groups in total. The van der Waals surface area contributed by atoms with Crippen LogP contribution < -0.4 is 21.3 Å². The number of alkyl carbamates (subject to hydrolysis) is 1. The fourth-order valence-corrected chi connectivity index (χ4v) is 8.39. The first-order valence-corrected chi connectivity index (χ1v) is 21.2. The van der Waals surface area contributed by atoms with Crippen molar-refractivity contribution >= 4 is 69.0 Å². The van der Waals surface area contributed by atoms with Gasteiger partial charge in [0.2, 0.25) is 0 Å². The number of nitrogens with one attached hydrogen (secondary N) is 6. The van der Waals surface area contributed by atoms with Gasteiger partial charge in [-0.15, -0.1) is 0 Å². The fraction of sp³-hybridized carbons (Fsp3) is 0.415. The van der Waals surface area contributed by atoms with E-state index in [1.165, 1.54) is 13.3 Å². The number of carbonyl (C=O) groups excluding carboxylic acids is 2. The van der Waals surface area contributed by atoms with Crippen LogP contribution >= 0.6 is 23.2 Å². The summed E-state index contributed by atoms with van der Waals surface area (Å²) in [5.74, 6) is -0.0361. The molecule has 0 bridgehead atoms. The van der Waals surface area contributed by atoms with Crippen LogP contribution in [0, 0.1) is 11.6 Å². The van der Waals surface area contributed by atoms with Crippen LogP contribution in [0.15, 0.2) is 49.3 Å². The second-order valence-corrected chi connectivity index (χ2v) is 16.3. The molecular weight excluding hydrogens is 847 g/mol. The highest BCUT2D eigenvalue weighted by molar-refractivity contribution is 6.31. The molecule has 0 radical (unpaired) electrons. The summed E-state index contributed by atoms with van der Waals surface area (Å²) in [7, 11) is 1.33. The van der Waals surface area contributed by atoms with Crippen LogP contribution in [0.5, 0.6) is 0 Å². The van der Waals surface area contributed by atoms with Crippen molar-refractivity contribution in [3.63, 3.8) is 0 Å². The minimum Gasteiger partial charge on any atom is -0.453 e. The molecule has 17 nitrogen and oxygen atoms in total. The van der Waals surface area contributed by atoms with Gasteiger partial charge in [0.25, 0.3) is 0 Å². The minimum atomic E-state index is -0.534. The predicted octanol–water partition coefficient (Wildman–Crippen LogP) is 7.47. The average molecular weight is 893 g/mol.